The zero-order chi connectivity index (χ0) is 19.1. The summed E-state index contributed by atoms with van der Waals surface area (Å²) in [5, 5.41) is 2.75. The first-order valence-electron chi connectivity index (χ1n) is 8.46. The first-order chi connectivity index (χ1) is 13.0. The molecular weight excluding hydrogens is 340 g/mol. The Kier molecular flexibility index (Phi) is 3.85. The lowest BCUT2D eigenvalue weighted by atomic mass is 9.82. The monoisotopic (exact) mass is 356 g/mol. The van der Waals surface area contributed by atoms with Gasteiger partial charge in [-0.25, -0.2) is 0 Å². The van der Waals surface area contributed by atoms with Gasteiger partial charge in [0.1, 0.15) is 0 Å². The Morgan fingerprint density at radius 2 is 1.41 bits per heavy atom. The Bertz CT molecular complexity index is 1110. The summed E-state index contributed by atoms with van der Waals surface area (Å²) >= 11 is 0. The highest BCUT2D eigenvalue weighted by Gasteiger charge is 2.33. The van der Waals surface area contributed by atoms with Crippen LogP contribution in [0.2, 0.25) is 0 Å². The SMILES string of the molecule is Cc1ccc(C(=O)Nc2ccc(N)c3c2C(=O)c2ccccc2C3=O)cc1. The van der Waals surface area contributed by atoms with E-state index in [2.05, 4.69) is 5.32 Å². The number of rotatable bonds is 2. The maximum absolute atomic E-state index is 13.0. The van der Waals surface area contributed by atoms with Crippen LogP contribution in [0.15, 0.2) is 60.7 Å². The molecule has 1 amide bonds. The second-order valence-electron chi connectivity index (χ2n) is 6.48. The van der Waals surface area contributed by atoms with Crippen LogP contribution >= 0.6 is 0 Å². The molecule has 0 spiro atoms. The predicted octanol–water partition coefficient (Wildman–Crippen LogP) is 3.60. The van der Waals surface area contributed by atoms with Crippen molar-refractivity contribution in [1.29, 1.82) is 0 Å². The summed E-state index contributed by atoms with van der Waals surface area (Å²) in [6, 6.07) is 16.8. The van der Waals surface area contributed by atoms with Crippen LogP contribution < -0.4 is 11.1 Å². The standard InChI is InChI=1S/C22H16N2O3/c1-12-6-8-13(9-7-12)22(27)24-17-11-10-16(23)18-19(17)21(26)15-5-3-2-4-14(15)20(18)25/h2-11H,23H2,1H3,(H,24,27). The second-order valence-corrected chi connectivity index (χ2v) is 6.48. The third-order valence-electron chi connectivity index (χ3n) is 4.67. The number of carbonyl (C=O) groups is 3. The van der Waals surface area contributed by atoms with Crippen LogP contribution in [0, 0.1) is 6.92 Å². The molecule has 0 atom stereocenters. The quantitative estimate of drug-likeness (QED) is 0.537. The summed E-state index contributed by atoms with van der Waals surface area (Å²) in [4.78, 5) is 38.5. The minimum Gasteiger partial charge on any atom is -0.398 e. The van der Waals surface area contributed by atoms with Crippen LogP contribution in [-0.4, -0.2) is 17.5 Å². The topological polar surface area (TPSA) is 89.3 Å². The molecule has 0 fully saturated rings. The molecule has 0 heterocycles. The van der Waals surface area contributed by atoms with E-state index in [1.165, 1.54) is 6.07 Å². The summed E-state index contributed by atoms with van der Waals surface area (Å²) in [6.07, 6.45) is 0. The van der Waals surface area contributed by atoms with Crippen molar-refractivity contribution in [1.82, 2.24) is 0 Å². The lowest BCUT2D eigenvalue weighted by Gasteiger charge is -2.21. The fourth-order valence-electron chi connectivity index (χ4n) is 3.25. The fourth-order valence-corrected chi connectivity index (χ4v) is 3.25. The Balaban J connectivity index is 1.81. The fraction of sp³-hybridized carbons (Fsp3) is 0.0455. The van der Waals surface area contributed by atoms with E-state index >= 15 is 0 Å². The molecule has 132 valence electrons. The molecule has 4 rings (SSSR count). The van der Waals surface area contributed by atoms with E-state index in [0.717, 1.165) is 5.56 Å². The summed E-state index contributed by atoms with van der Waals surface area (Å²) in [5.41, 5.74) is 8.89. The molecule has 5 heteroatoms. The van der Waals surface area contributed by atoms with Gasteiger partial charge in [-0.05, 0) is 31.2 Å². The minimum absolute atomic E-state index is 0.138. The number of aryl methyl sites for hydroxylation is 1. The van der Waals surface area contributed by atoms with Crippen molar-refractivity contribution in [2.75, 3.05) is 11.1 Å². The van der Waals surface area contributed by atoms with E-state index in [1.807, 2.05) is 19.1 Å². The third kappa shape index (κ3) is 2.69. The number of benzene rings is 3. The number of anilines is 2. The van der Waals surface area contributed by atoms with Crippen LogP contribution in [0.1, 0.15) is 47.8 Å². The molecule has 0 unspecified atom stereocenters. The maximum Gasteiger partial charge on any atom is 0.255 e. The molecule has 0 radical (unpaired) electrons. The van der Waals surface area contributed by atoms with Crippen molar-refractivity contribution >= 4 is 28.8 Å². The van der Waals surface area contributed by atoms with E-state index < -0.39 is 0 Å². The number of fused-ring (bicyclic) bond motifs is 2. The van der Waals surface area contributed by atoms with Gasteiger partial charge in [0.05, 0.1) is 16.8 Å². The Morgan fingerprint density at radius 1 is 0.815 bits per heavy atom. The van der Waals surface area contributed by atoms with Gasteiger partial charge in [0.2, 0.25) is 0 Å². The Morgan fingerprint density at radius 3 is 2.04 bits per heavy atom. The molecule has 3 aromatic rings. The van der Waals surface area contributed by atoms with Crippen molar-refractivity contribution in [2.45, 2.75) is 6.92 Å². The van der Waals surface area contributed by atoms with Gasteiger partial charge in [-0.15, -0.1) is 0 Å². The van der Waals surface area contributed by atoms with E-state index in [4.69, 9.17) is 5.73 Å². The van der Waals surface area contributed by atoms with Crippen LogP contribution in [0.25, 0.3) is 0 Å². The number of nitrogen functional groups attached to an aromatic ring is 1. The number of nitrogens with two attached hydrogens (primary N) is 1. The highest BCUT2D eigenvalue weighted by atomic mass is 16.2. The van der Waals surface area contributed by atoms with Gasteiger partial charge in [-0.3, -0.25) is 14.4 Å². The molecule has 3 aromatic carbocycles. The predicted molar refractivity (Wildman–Crippen MR) is 103 cm³/mol. The van der Waals surface area contributed by atoms with E-state index in [9.17, 15) is 14.4 Å². The van der Waals surface area contributed by atoms with Crippen LogP contribution in [0.5, 0.6) is 0 Å². The van der Waals surface area contributed by atoms with Gasteiger partial charge < -0.3 is 11.1 Å². The highest BCUT2D eigenvalue weighted by molar-refractivity contribution is 6.32. The van der Waals surface area contributed by atoms with Gasteiger partial charge in [-0.1, -0.05) is 42.0 Å². The number of ketones is 2. The maximum atomic E-state index is 13.0. The molecule has 5 nitrogen and oxygen atoms in total. The smallest absolute Gasteiger partial charge is 0.255 e. The zero-order valence-electron chi connectivity index (χ0n) is 14.6. The van der Waals surface area contributed by atoms with Crippen molar-refractivity contribution in [3.8, 4) is 0 Å². The molecular formula is C22H16N2O3. The van der Waals surface area contributed by atoms with Crippen molar-refractivity contribution < 1.29 is 14.4 Å². The van der Waals surface area contributed by atoms with Crippen LogP contribution in [-0.2, 0) is 0 Å². The van der Waals surface area contributed by atoms with Crippen molar-refractivity contribution in [3.05, 3.63) is 94.0 Å². The number of carbonyl (C=O) groups excluding carboxylic acids is 3. The summed E-state index contributed by atoms with van der Waals surface area (Å²) in [5.74, 6) is -1.00. The van der Waals surface area contributed by atoms with Gasteiger partial charge in [-0.2, -0.15) is 0 Å². The van der Waals surface area contributed by atoms with Crippen molar-refractivity contribution in [3.63, 3.8) is 0 Å². The molecule has 1 aliphatic carbocycles. The summed E-state index contributed by atoms with van der Waals surface area (Å²) in [7, 11) is 0. The molecule has 0 saturated carbocycles. The molecule has 27 heavy (non-hydrogen) atoms. The first kappa shape index (κ1) is 16.7. The van der Waals surface area contributed by atoms with E-state index in [0.29, 0.717) is 16.7 Å². The Hall–Kier alpha value is -3.73. The normalized spacial score (nSPS) is 12.3. The molecule has 0 bridgehead atoms. The lowest BCUT2D eigenvalue weighted by Crippen LogP contribution is -2.25. The Labute approximate surface area is 155 Å². The van der Waals surface area contributed by atoms with Crippen LogP contribution in [0.3, 0.4) is 0 Å². The zero-order valence-corrected chi connectivity index (χ0v) is 14.6. The molecule has 0 aromatic heterocycles. The lowest BCUT2D eigenvalue weighted by molar-refractivity contribution is 0.0979. The highest BCUT2D eigenvalue weighted by Crippen LogP contribution is 2.35. The van der Waals surface area contributed by atoms with Gasteiger partial charge in [0.25, 0.3) is 5.91 Å². The summed E-state index contributed by atoms with van der Waals surface area (Å²) in [6.45, 7) is 1.93. The minimum atomic E-state index is -0.360. The number of hydrogen-bond donors (Lipinski definition) is 2. The van der Waals surface area contributed by atoms with Crippen molar-refractivity contribution in [2.24, 2.45) is 0 Å². The van der Waals surface area contributed by atoms with Gasteiger partial charge in [0, 0.05) is 22.4 Å². The average Bonchev–Trinajstić information content (AvgIpc) is 2.68. The van der Waals surface area contributed by atoms with Crippen LogP contribution in [0.4, 0.5) is 11.4 Å². The second kappa shape index (κ2) is 6.21. The van der Waals surface area contributed by atoms with Gasteiger partial charge in [0.15, 0.2) is 11.6 Å². The average molecular weight is 356 g/mol. The molecule has 0 aliphatic heterocycles. The number of nitrogens with one attached hydrogen (secondary N) is 1. The largest absolute Gasteiger partial charge is 0.398 e. The third-order valence-corrected chi connectivity index (χ3v) is 4.67. The van der Waals surface area contributed by atoms with E-state index in [-0.39, 0.29) is 40.0 Å². The van der Waals surface area contributed by atoms with Gasteiger partial charge >= 0.3 is 0 Å². The molecule has 1 aliphatic rings. The molecule has 3 N–H and O–H groups in total. The molecule has 0 saturated heterocycles. The summed E-state index contributed by atoms with van der Waals surface area (Å²) < 4.78 is 0. The number of amides is 1. The van der Waals surface area contributed by atoms with E-state index in [1.54, 1.807) is 42.5 Å². The first-order valence-corrected chi connectivity index (χ1v) is 8.46. The number of hydrogen-bond acceptors (Lipinski definition) is 4.